The molecule has 3 N–H and O–H groups in total. The largest absolute Gasteiger partial charge is 0.389 e. The summed E-state index contributed by atoms with van der Waals surface area (Å²) in [5.41, 5.74) is 5.14. The molecular formula is C13H23NO3. The van der Waals surface area contributed by atoms with E-state index in [0.29, 0.717) is 18.8 Å². The molecule has 0 heterocycles. The lowest BCUT2D eigenvalue weighted by molar-refractivity contribution is -0.128. The average molecular weight is 241 g/mol. The van der Waals surface area contributed by atoms with E-state index in [2.05, 4.69) is 6.08 Å². The summed E-state index contributed by atoms with van der Waals surface area (Å²) in [5, 5.41) is 9.74. The summed E-state index contributed by atoms with van der Waals surface area (Å²) in [6.45, 7) is 0. The van der Waals surface area contributed by atoms with Crippen LogP contribution >= 0.6 is 0 Å². The van der Waals surface area contributed by atoms with Crippen LogP contribution < -0.4 is 5.73 Å². The number of ether oxygens (including phenoxy) is 1. The average Bonchev–Trinajstić information content (AvgIpc) is 2.79. The zero-order chi connectivity index (χ0) is 12.7. The summed E-state index contributed by atoms with van der Waals surface area (Å²) in [7, 11) is 1.45. The number of carbonyl (C=O) groups excluding carboxylic acids is 1. The van der Waals surface area contributed by atoms with Crippen LogP contribution in [0.25, 0.3) is 0 Å². The number of carbonyl (C=O) groups is 1. The maximum Gasteiger partial charge on any atom is 0.246 e. The fourth-order valence-corrected chi connectivity index (χ4v) is 2.23. The lowest BCUT2D eigenvalue weighted by atomic mass is 10.0. The standard InChI is InChI=1S/C13H23NO3/c1-17-12(13(14)16)9-8-11(15)7-6-10-4-2-3-5-10/h6-7,10-12,15H,2-5,8-9H2,1H3,(H2,14,16)/b7-6+. The number of hydrogen-bond donors (Lipinski definition) is 2. The Hall–Kier alpha value is -0.870. The molecule has 17 heavy (non-hydrogen) atoms. The van der Waals surface area contributed by atoms with Gasteiger partial charge in [-0.25, -0.2) is 0 Å². The molecule has 0 aliphatic heterocycles. The van der Waals surface area contributed by atoms with E-state index in [4.69, 9.17) is 10.5 Å². The summed E-state index contributed by atoms with van der Waals surface area (Å²) in [5.74, 6) is 0.151. The number of allylic oxidation sites excluding steroid dienone is 1. The Labute approximate surface area is 103 Å². The van der Waals surface area contributed by atoms with E-state index in [-0.39, 0.29) is 0 Å². The van der Waals surface area contributed by atoms with Gasteiger partial charge in [-0.1, -0.05) is 25.0 Å². The van der Waals surface area contributed by atoms with Crippen molar-refractivity contribution in [2.75, 3.05) is 7.11 Å². The molecule has 0 saturated heterocycles. The zero-order valence-corrected chi connectivity index (χ0v) is 10.5. The highest BCUT2D eigenvalue weighted by Gasteiger charge is 2.16. The van der Waals surface area contributed by atoms with Gasteiger partial charge >= 0.3 is 0 Å². The van der Waals surface area contributed by atoms with Crippen molar-refractivity contribution in [2.45, 2.75) is 50.7 Å². The van der Waals surface area contributed by atoms with Crippen LogP contribution in [-0.2, 0) is 9.53 Å². The Kier molecular flexibility index (Phi) is 6.22. The van der Waals surface area contributed by atoms with Crippen LogP contribution in [-0.4, -0.2) is 30.3 Å². The van der Waals surface area contributed by atoms with Gasteiger partial charge in [-0.15, -0.1) is 0 Å². The number of rotatable bonds is 7. The molecule has 0 aromatic rings. The maximum atomic E-state index is 10.9. The quantitative estimate of drug-likeness (QED) is 0.661. The number of amides is 1. The predicted octanol–water partition coefficient (Wildman–Crippen LogP) is 1.37. The van der Waals surface area contributed by atoms with Crippen molar-refractivity contribution in [3.63, 3.8) is 0 Å². The van der Waals surface area contributed by atoms with Gasteiger partial charge < -0.3 is 15.6 Å². The van der Waals surface area contributed by atoms with Crippen molar-refractivity contribution >= 4 is 5.91 Å². The van der Waals surface area contributed by atoms with E-state index in [1.165, 1.54) is 32.8 Å². The first-order valence-corrected chi connectivity index (χ1v) is 6.32. The molecule has 1 amide bonds. The molecule has 0 radical (unpaired) electrons. The highest BCUT2D eigenvalue weighted by atomic mass is 16.5. The topological polar surface area (TPSA) is 72.6 Å². The van der Waals surface area contributed by atoms with Crippen molar-refractivity contribution < 1.29 is 14.6 Å². The third-order valence-electron chi connectivity index (χ3n) is 3.33. The number of primary amides is 1. The van der Waals surface area contributed by atoms with Gasteiger partial charge in [0.1, 0.15) is 6.10 Å². The molecular weight excluding hydrogens is 218 g/mol. The highest BCUT2D eigenvalue weighted by Crippen LogP contribution is 2.25. The second-order valence-electron chi connectivity index (χ2n) is 4.70. The number of aliphatic hydroxyl groups is 1. The summed E-state index contributed by atoms with van der Waals surface area (Å²) in [6.07, 6.45) is 8.84. The van der Waals surface area contributed by atoms with Gasteiger partial charge in [0.25, 0.3) is 0 Å². The fraction of sp³-hybridized carbons (Fsp3) is 0.769. The zero-order valence-electron chi connectivity index (χ0n) is 10.5. The van der Waals surface area contributed by atoms with Gasteiger partial charge in [0, 0.05) is 7.11 Å². The van der Waals surface area contributed by atoms with Gasteiger partial charge in [0.05, 0.1) is 6.10 Å². The van der Waals surface area contributed by atoms with E-state index >= 15 is 0 Å². The van der Waals surface area contributed by atoms with Crippen molar-refractivity contribution in [3.05, 3.63) is 12.2 Å². The normalized spacial score (nSPS) is 20.8. The SMILES string of the molecule is COC(CCC(O)/C=C/C1CCCC1)C(N)=O. The number of nitrogens with two attached hydrogens (primary N) is 1. The molecule has 1 aliphatic carbocycles. The van der Waals surface area contributed by atoms with E-state index in [1.807, 2.05) is 6.08 Å². The second-order valence-corrected chi connectivity index (χ2v) is 4.70. The van der Waals surface area contributed by atoms with Crippen LogP contribution in [0, 0.1) is 5.92 Å². The Morgan fingerprint density at radius 1 is 1.47 bits per heavy atom. The minimum Gasteiger partial charge on any atom is -0.389 e. The van der Waals surface area contributed by atoms with Gasteiger partial charge in [-0.05, 0) is 31.6 Å². The van der Waals surface area contributed by atoms with Crippen LogP contribution in [0.3, 0.4) is 0 Å². The molecule has 1 saturated carbocycles. The van der Waals surface area contributed by atoms with E-state index in [0.717, 1.165) is 0 Å². The number of hydrogen-bond acceptors (Lipinski definition) is 3. The Morgan fingerprint density at radius 3 is 2.65 bits per heavy atom. The first-order valence-electron chi connectivity index (χ1n) is 6.32. The molecule has 2 atom stereocenters. The van der Waals surface area contributed by atoms with Gasteiger partial charge in [-0.3, -0.25) is 4.79 Å². The molecule has 98 valence electrons. The molecule has 0 aromatic heterocycles. The molecule has 1 fully saturated rings. The van der Waals surface area contributed by atoms with Gasteiger partial charge in [-0.2, -0.15) is 0 Å². The molecule has 0 aromatic carbocycles. The number of aliphatic hydroxyl groups excluding tert-OH is 1. The van der Waals surface area contributed by atoms with Crippen LogP contribution in [0.1, 0.15) is 38.5 Å². The summed E-state index contributed by atoms with van der Waals surface area (Å²) >= 11 is 0. The Balaban J connectivity index is 2.23. The van der Waals surface area contributed by atoms with E-state index in [1.54, 1.807) is 0 Å². The van der Waals surface area contributed by atoms with Crippen LogP contribution in [0.5, 0.6) is 0 Å². The second kappa shape index (κ2) is 7.45. The minimum atomic E-state index is -0.593. The monoisotopic (exact) mass is 241 g/mol. The van der Waals surface area contributed by atoms with E-state index in [9.17, 15) is 9.90 Å². The predicted molar refractivity (Wildman–Crippen MR) is 66.3 cm³/mol. The van der Waals surface area contributed by atoms with Crippen molar-refractivity contribution in [1.82, 2.24) is 0 Å². The molecule has 1 aliphatic rings. The summed E-state index contributed by atoms with van der Waals surface area (Å²) in [4.78, 5) is 10.9. The third kappa shape index (κ3) is 5.33. The first kappa shape index (κ1) is 14.2. The molecule has 0 bridgehead atoms. The molecule has 4 heteroatoms. The molecule has 1 rings (SSSR count). The first-order chi connectivity index (χ1) is 8.13. The molecule has 0 spiro atoms. The summed E-state index contributed by atoms with van der Waals surface area (Å²) < 4.78 is 4.93. The van der Waals surface area contributed by atoms with Crippen LogP contribution in [0.2, 0.25) is 0 Å². The van der Waals surface area contributed by atoms with Gasteiger partial charge in [0.2, 0.25) is 5.91 Å². The summed E-state index contributed by atoms with van der Waals surface area (Å²) in [6, 6.07) is 0. The molecule has 2 unspecified atom stereocenters. The van der Waals surface area contributed by atoms with E-state index < -0.39 is 18.1 Å². The lowest BCUT2D eigenvalue weighted by Gasteiger charge is -2.13. The minimum absolute atomic E-state index is 0.460. The van der Waals surface area contributed by atoms with Gasteiger partial charge in [0.15, 0.2) is 0 Å². The third-order valence-corrected chi connectivity index (χ3v) is 3.33. The fourth-order valence-electron chi connectivity index (χ4n) is 2.23. The van der Waals surface area contributed by atoms with Crippen LogP contribution in [0.4, 0.5) is 0 Å². The lowest BCUT2D eigenvalue weighted by Crippen LogP contribution is -2.30. The molecule has 4 nitrogen and oxygen atoms in total. The van der Waals surface area contributed by atoms with Crippen molar-refractivity contribution in [2.24, 2.45) is 11.7 Å². The van der Waals surface area contributed by atoms with Crippen LogP contribution in [0.15, 0.2) is 12.2 Å². The highest BCUT2D eigenvalue weighted by molar-refractivity contribution is 5.78. The van der Waals surface area contributed by atoms with Crippen molar-refractivity contribution in [1.29, 1.82) is 0 Å². The number of methoxy groups -OCH3 is 1. The smallest absolute Gasteiger partial charge is 0.246 e. The van der Waals surface area contributed by atoms with Crippen molar-refractivity contribution in [3.8, 4) is 0 Å². The Morgan fingerprint density at radius 2 is 2.12 bits per heavy atom. The Bertz CT molecular complexity index is 259. The maximum absolute atomic E-state index is 10.9.